The Bertz CT molecular complexity index is 773. The summed E-state index contributed by atoms with van der Waals surface area (Å²) in [6, 6.07) is 8.05. The van der Waals surface area contributed by atoms with Gasteiger partial charge < -0.3 is 9.64 Å². The molecule has 1 saturated heterocycles. The maximum absolute atomic E-state index is 13.1. The fraction of sp³-hybridized carbons (Fsp3) is 0.450. The molecule has 25 heavy (non-hydrogen) atoms. The van der Waals surface area contributed by atoms with Gasteiger partial charge in [0.15, 0.2) is 0 Å². The quantitative estimate of drug-likeness (QED) is 0.848. The number of amides is 1. The van der Waals surface area contributed by atoms with Gasteiger partial charge in [0.1, 0.15) is 11.6 Å². The number of carbonyl (C=O) groups is 1. The van der Waals surface area contributed by atoms with Crippen LogP contribution in [0.4, 0.5) is 0 Å². The Labute approximate surface area is 149 Å². The van der Waals surface area contributed by atoms with Crippen LogP contribution >= 0.6 is 0 Å². The molecular formula is C20H25N3O2. The molecule has 0 bridgehead atoms. The van der Waals surface area contributed by atoms with Gasteiger partial charge >= 0.3 is 0 Å². The topological polar surface area (TPSA) is 55.3 Å². The number of rotatable bonds is 4. The minimum Gasteiger partial charge on any atom is -0.497 e. The highest BCUT2D eigenvalue weighted by atomic mass is 16.5. The summed E-state index contributed by atoms with van der Waals surface area (Å²) < 4.78 is 5.33. The van der Waals surface area contributed by atoms with Gasteiger partial charge in [-0.25, -0.2) is 9.97 Å². The first kappa shape index (κ1) is 17.4. The molecule has 5 heteroatoms. The number of benzene rings is 1. The van der Waals surface area contributed by atoms with Crippen molar-refractivity contribution < 1.29 is 9.53 Å². The number of aryl methyl sites for hydroxylation is 1. The van der Waals surface area contributed by atoms with Crippen LogP contribution in [-0.4, -0.2) is 34.4 Å². The van der Waals surface area contributed by atoms with Crippen LogP contribution < -0.4 is 4.74 Å². The summed E-state index contributed by atoms with van der Waals surface area (Å²) >= 11 is 0. The van der Waals surface area contributed by atoms with E-state index >= 15 is 0 Å². The summed E-state index contributed by atoms with van der Waals surface area (Å²) in [5.74, 6) is 1.86. The van der Waals surface area contributed by atoms with E-state index in [1.807, 2.05) is 30.0 Å². The molecule has 0 aliphatic carbocycles. The van der Waals surface area contributed by atoms with Gasteiger partial charge in [-0.05, 0) is 37.5 Å². The van der Waals surface area contributed by atoms with Crippen molar-refractivity contribution >= 4 is 5.91 Å². The Kier molecular flexibility index (Phi) is 5.02. The van der Waals surface area contributed by atoms with Crippen molar-refractivity contribution in [1.29, 1.82) is 0 Å². The maximum Gasteiger partial charge on any atom is 0.257 e. The van der Waals surface area contributed by atoms with Gasteiger partial charge in [0.05, 0.1) is 24.4 Å². The second-order valence-corrected chi connectivity index (χ2v) is 6.82. The van der Waals surface area contributed by atoms with Crippen molar-refractivity contribution in [2.45, 2.75) is 45.6 Å². The first-order valence-electron chi connectivity index (χ1n) is 8.79. The highest BCUT2D eigenvalue weighted by Gasteiger charge is 2.32. The highest BCUT2D eigenvalue weighted by molar-refractivity contribution is 5.95. The van der Waals surface area contributed by atoms with E-state index in [2.05, 4.69) is 29.9 Å². The van der Waals surface area contributed by atoms with Crippen molar-refractivity contribution in [2.75, 3.05) is 13.7 Å². The molecule has 2 aromatic rings. The number of carbonyl (C=O) groups excluding carboxylic acids is 1. The lowest BCUT2D eigenvalue weighted by Gasteiger charge is -2.26. The fourth-order valence-corrected chi connectivity index (χ4v) is 3.33. The van der Waals surface area contributed by atoms with E-state index in [1.54, 1.807) is 13.3 Å². The Morgan fingerprint density at radius 2 is 2.16 bits per heavy atom. The maximum atomic E-state index is 13.1. The zero-order valence-corrected chi connectivity index (χ0v) is 15.3. The van der Waals surface area contributed by atoms with E-state index < -0.39 is 0 Å². The first-order valence-corrected chi connectivity index (χ1v) is 8.79. The Hall–Kier alpha value is -2.43. The van der Waals surface area contributed by atoms with Gasteiger partial charge in [0, 0.05) is 18.7 Å². The van der Waals surface area contributed by atoms with Gasteiger partial charge in [-0.1, -0.05) is 26.0 Å². The summed E-state index contributed by atoms with van der Waals surface area (Å²) in [6.45, 7) is 6.74. The first-order chi connectivity index (χ1) is 12.0. The number of aromatic nitrogens is 2. The summed E-state index contributed by atoms with van der Waals surface area (Å²) in [4.78, 5) is 23.9. The van der Waals surface area contributed by atoms with Crippen LogP contribution in [-0.2, 0) is 0 Å². The number of ether oxygens (including phenoxy) is 1. The van der Waals surface area contributed by atoms with Crippen molar-refractivity contribution in [3.05, 3.63) is 53.1 Å². The predicted octanol–water partition coefficient (Wildman–Crippen LogP) is 3.89. The van der Waals surface area contributed by atoms with Crippen molar-refractivity contribution in [3.8, 4) is 5.75 Å². The molecule has 1 amide bonds. The van der Waals surface area contributed by atoms with Crippen LogP contribution in [0, 0.1) is 6.92 Å². The molecule has 1 aromatic carbocycles. The molecule has 0 N–H and O–H groups in total. The second-order valence-electron chi connectivity index (χ2n) is 6.82. The Morgan fingerprint density at radius 1 is 1.36 bits per heavy atom. The summed E-state index contributed by atoms with van der Waals surface area (Å²) in [7, 11) is 1.66. The van der Waals surface area contributed by atoms with Gasteiger partial charge in [-0.3, -0.25) is 4.79 Å². The van der Waals surface area contributed by atoms with Gasteiger partial charge in [0.25, 0.3) is 5.91 Å². The van der Waals surface area contributed by atoms with Crippen LogP contribution in [0.15, 0.2) is 30.5 Å². The molecule has 1 fully saturated rings. The zero-order chi connectivity index (χ0) is 18.0. The van der Waals surface area contributed by atoms with E-state index in [0.717, 1.165) is 42.2 Å². The highest BCUT2D eigenvalue weighted by Crippen LogP contribution is 2.34. The molecule has 0 spiro atoms. The summed E-state index contributed by atoms with van der Waals surface area (Å²) in [6.07, 6.45) is 3.64. The number of nitrogens with zero attached hydrogens (tertiary/aromatic N) is 3. The van der Waals surface area contributed by atoms with E-state index in [0.29, 0.717) is 5.56 Å². The fourth-order valence-electron chi connectivity index (χ4n) is 3.33. The number of likely N-dealkylation sites (tertiary alicyclic amines) is 1. The molecule has 1 aromatic heterocycles. The monoisotopic (exact) mass is 339 g/mol. The van der Waals surface area contributed by atoms with Gasteiger partial charge in [0.2, 0.25) is 0 Å². The van der Waals surface area contributed by atoms with Crippen LogP contribution in [0.2, 0.25) is 0 Å². The van der Waals surface area contributed by atoms with Gasteiger partial charge in [-0.2, -0.15) is 0 Å². The van der Waals surface area contributed by atoms with Crippen molar-refractivity contribution in [3.63, 3.8) is 0 Å². The van der Waals surface area contributed by atoms with Gasteiger partial charge in [-0.15, -0.1) is 0 Å². The molecular weight excluding hydrogens is 314 g/mol. The standard InChI is InChI=1S/C20H25N3O2/c1-13(2)19-21-12-17(14(3)22-19)20(24)23-10-6-9-18(23)15-7-5-8-16(11-15)25-4/h5,7-8,11-13,18H,6,9-10H2,1-4H3/t18-/m0/s1. The molecule has 132 valence electrons. The average molecular weight is 339 g/mol. The second kappa shape index (κ2) is 7.21. The lowest BCUT2D eigenvalue weighted by molar-refractivity contribution is 0.0733. The molecule has 5 nitrogen and oxygen atoms in total. The van der Waals surface area contributed by atoms with E-state index in [-0.39, 0.29) is 17.9 Å². The largest absolute Gasteiger partial charge is 0.497 e. The minimum atomic E-state index is 0.0122. The smallest absolute Gasteiger partial charge is 0.257 e. The lowest BCUT2D eigenvalue weighted by Crippen LogP contribution is -2.31. The van der Waals surface area contributed by atoms with Crippen molar-refractivity contribution in [2.24, 2.45) is 0 Å². The van der Waals surface area contributed by atoms with Crippen molar-refractivity contribution in [1.82, 2.24) is 14.9 Å². The normalized spacial score (nSPS) is 17.2. The zero-order valence-electron chi connectivity index (χ0n) is 15.3. The lowest BCUT2D eigenvalue weighted by atomic mass is 10.0. The molecule has 1 aliphatic heterocycles. The van der Waals surface area contributed by atoms with Crippen LogP contribution in [0.3, 0.4) is 0 Å². The predicted molar refractivity (Wildman–Crippen MR) is 96.9 cm³/mol. The third-order valence-electron chi connectivity index (χ3n) is 4.74. The third kappa shape index (κ3) is 3.50. The minimum absolute atomic E-state index is 0.0122. The third-order valence-corrected chi connectivity index (χ3v) is 4.74. The number of hydrogen-bond acceptors (Lipinski definition) is 4. The van der Waals surface area contributed by atoms with Crippen LogP contribution in [0.1, 0.15) is 66.1 Å². The summed E-state index contributed by atoms with van der Waals surface area (Å²) in [5.41, 5.74) is 2.46. The van der Waals surface area contributed by atoms with Crippen LogP contribution in [0.25, 0.3) is 0 Å². The molecule has 0 radical (unpaired) electrons. The van der Waals surface area contributed by atoms with E-state index in [4.69, 9.17) is 4.74 Å². The van der Waals surface area contributed by atoms with Crippen LogP contribution in [0.5, 0.6) is 5.75 Å². The molecule has 2 heterocycles. The Balaban J connectivity index is 1.88. The average Bonchev–Trinajstić information content (AvgIpc) is 3.10. The molecule has 1 aliphatic rings. The van der Waals surface area contributed by atoms with E-state index in [1.165, 1.54) is 0 Å². The summed E-state index contributed by atoms with van der Waals surface area (Å²) in [5, 5.41) is 0. The number of hydrogen-bond donors (Lipinski definition) is 0. The number of methoxy groups -OCH3 is 1. The SMILES string of the molecule is COc1cccc([C@@H]2CCCN2C(=O)c2cnc(C(C)C)nc2C)c1. The molecule has 3 rings (SSSR count). The molecule has 0 unspecified atom stereocenters. The molecule has 0 saturated carbocycles. The molecule has 1 atom stereocenters. The Morgan fingerprint density at radius 3 is 2.84 bits per heavy atom. The van der Waals surface area contributed by atoms with E-state index in [9.17, 15) is 4.79 Å².